The summed E-state index contributed by atoms with van der Waals surface area (Å²) in [7, 11) is 2.15. The van der Waals surface area contributed by atoms with Crippen molar-refractivity contribution < 1.29 is 9.59 Å². The van der Waals surface area contributed by atoms with E-state index in [0.717, 1.165) is 43.9 Å². The fourth-order valence-corrected chi connectivity index (χ4v) is 4.46. The molecule has 0 radical (unpaired) electrons. The predicted molar refractivity (Wildman–Crippen MR) is 120 cm³/mol. The molecule has 2 aromatic rings. The van der Waals surface area contributed by atoms with Gasteiger partial charge in [0.2, 0.25) is 11.8 Å². The molecule has 0 aliphatic carbocycles. The Kier molecular flexibility index (Phi) is 6.04. The molecule has 6 nitrogen and oxygen atoms in total. The Labute approximate surface area is 178 Å². The lowest BCUT2D eigenvalue weighted by Crippen LogP contribution is -2.44. The van der Waals surface area contributed by atoms with E-state index in [9.17, 15) is 9.59 Å². The van der Waals surface area contributed by atoms with Crippen LogP contribution in [0.2, 0.25) is 0 Å². The smallest absolute Gasteiger partial charge is 0.226 e. The lowest BCUT2D eigenvalue weighted by Gasteiger charge is -2.36. The Balaban J connectivity index is 1.42. The van der Waals surface area contributed by atoms with E-state index in [1.165, 1.54) is 11.3 Å². The number of nitrogens with zero attached hydrogens (tertiary/aromatic N) is 3. The molecule has 6 heteroatoms. The summed E-state index contributed by atoms with van der Waals surface area (Å²) in [5, 5.41) is 3.01. The van der Waals surface area contributed by atoms with Crippen LogP contribution < -0.4 is 10.2 Å². The van der Waals surface area contributed by atoms with Crippen molar-refractivity contribution in [2.24, 2.45) is 0 Å². The van der Waals surface area contributed by atoms with Crippen LogP contribution in [-0.4, -0.2) is 61.4 Å². The Morgan fingerprint density at radius 3 is 2.37 bits per heavy atom. The van der Waals surface area contributed by atoms with Crippen molar-refractivity contribution in [3.63, 3.8) is 0 Å². The van der Waals surface area contributed by atoms with Crippen molar-refractivity contribution >= 4 is 23.2 Å². The molecule has 1 N–H and O–H groups in total. The number of carbonyl (C=O) groups is 2. The first kappa shape index (κ1) is 20.4. The Hall–Kier alpha value is -2.86. The molecular weight excluding hydrogens is 376 g/mol. The summed E-state index contributed by atoms with van der Waals surface area (Å²) >= 11 is 0. The molecule has 2 aliphatic heterocycles. The summed E-state index contributed by atoms with van der Waals surface area (Å²) in [5.41, 5.74) is 4.28. The molecule has 1 saturated heterocycles. The first-order valence-electron chi connectivity index (χ1n) is 10.7. The largest absolute Gasteiger partial charge is 0.369 e. The summed E-state index contributed by atoms with van der Waals surface area (Å²) in [6.45, 7) is 6.40. The normalized spacial score (nSPS) is 19.3. The topological polar surface area (TPSA) is 55.9 Å². The van der Waals surface area contributed by atoms with Gasteiger partial charge < -0.3 is 20.0 Å². The van der Waals surface area contributed by atoms with E-state index < -0.39 is 0 Å². The second-order valence-electron chi connectivity index (χ2n) is 8.27. The average molecular weight is 407 g/mol. The molecule has 0 saturated carbocycles. The van der Waals surface area contributed by atoms with Gasteiger partial charge in [0.25, 0.3) is 0 Å². The van der Waals surface area contributed by atoms with Crippen LogP contribution in [0.1, 0.15) is 30.5 Å². The number of fused-ring (bicyclic) bond motifs is 1. The molecule has 2 aliphatic rings. The third-order valence-corrected chi connectivity index (χ3v) is 6.22. The van der Waals surface area contributed by atoms with Gasteiger partial charge in [-0.15, -0.1) is 0 Å². The lowest BCUT2D eigenvalue weighted by atomic mass is 9.90. The van der Waals surface area contributed by atoms with Crippen LogP contribution in [0.5, 0.6) is 0 Å². The summed E-state index contributed by atoms with van der Waals surface area (Å²) in [6.07, 6.45) is 1.10. The fraction of sp³-hybridized carbons (Fsp3) is 0.417. The molecular formula is C24H30N4O2. The van der Waals surface area contributed by atoms with E-state index >= 15 is 0 Å². The average Bonchev–Trinajstić information content (AvgIpc) is 2.75. The van der Waals surface area contributed by atoms with Gasteiger partial charge in [-0.3, -0.25) is 9.59 Å². The Bertz CT molecular complexity index is 904. The van der Waals surface area contributed by atoms with Crippen molar-refractivity contribution in [2.45, 2.75) is 25.8 Å². The van der Waals surface area contributed by atoms with Gasteiger partial charge in [-0.25, -0.2) is 0 Å². The van der Waals surface area contributed by atoms with Crippen LogP contribution in [-0.2, 0) is 16.0 Å². The third-order valence-electron chi connectivity index (χ3n) is 6.22. The van der Waals surface area contributed by atoms with E-state index in [0.29, 0.717) is 6.54 Å². The quantitative estimate of drug-likeness (QED) is 0.848. The molecule has 4 rings (SSSR count). The van der Waals surface area contributed by atoms with E-state index in [4.69, 9.17) is 0 Å². The van der Waals surface area contributed by atoms with Gasteiger partial charge in [0.1, 0.15) is 0 Å². The first-order chi connectivity index (χ1) is 14.5. The third kappa shape index (κ3) is 4.49. The minimum absolute atomic E-state index is 0.0128. The van der Waals surface area contributed by atoms with Crippen molar-refractivity contribution in [3.8, 4) is 0 Å². The Morgan fingerprint density at radius 2 is 1.67 bits per heavy atom. The second kappa shape index (κ2) is 8.88. The summed E-state index contributed by atoms with van der Waals surface area (Å²) in [5.74, 6) is -0.0610. The van der Waals surface area contributed by atoms with E-state index in [1.807, 2.05) is 35.2 Å². The van der Waals surface area contributed by atoms with Gasteiger partial charge in [0, 0.05) is 51.0 Å². The molecule has 0 bridgehead atoms. The molecule has 1 atom stereocenters. The molecule has 30 heavy (non-hydrogen) atoms. The van der Waals surface area contributed by atoms with Crippen molar-refractivity contribution in [3.05, 3.63) is 59.7 Å². The number of benzene rings is 2. The monoisotopic (exact) mass is 406 g/mol. The number of hydrogen-bond donors (Lipinski definition) is 1. The fourth-order valence-electron chi connectivity index (χ4n) is 4.46. The zero-order valence-corrected chi connectivity index (χ0v) is 17.8. The standard InChI is InChI=1S/C24H30N4O2/c1-18(29)28-12-11-19-5-3-4-6-22(19)23(28)17-24(30)25-20-7-9-21(10-8-20)27-15-13-26(2)14-16-27/h3-10,23H,11-17H2,1-2H3,(H,25,30). The molecule has 2 heterocycles. The van der Waals surface area contributed by atoms with E-state index in [2.05, 4.69) is 40.4 Å². The van der Waals surface area contributed by atoms with Gasteiger partial charge in [0.05, 0.1) is 12.5 Å². The highest BCUT2D eigenvalue weighted by molar-refractivity contribution is 5.92. The summed E-state index contributed by atoms with van der Waals surface area (Å²) < 4.78 is 0. The van der Waals surface area contributed by atoms with Crippen LogP contribution in [0.3, 0.4) is 0 Å². The Morgan fingerprint density at radius 1 is 0.967 bits per heavy atom. The number of anilines is 2. The van der Waals surface area contributed by atoms with E-state index in [1.54, 1.807) is 6.92 Å². The van der Waals surface area contributed by atoms with Gasteiger partial charge in [-0.2, -0.15) is 0 Å². The molecule has 0 spiro atoms. The van der Waals surface area contributed by atoms with Gasteiger partial charge in [-0.05, 0) is 48.9 Å². The number of likely N-dealkylation sites (N-methyl/N-ethyl adjacent to an activating group) is 1. The van der Waals surface area contributed by atoms with Gasteiger partial charge in [0.15, 0.2) is 0 Å². The van der Waals surface area contributed by atoms with Crippen molar-refractivity contribution in [2.75, 3.05) is 50.0 Å². The number of piperazine rings is 1. The van der Waals surface area contributed by atoms with Crippen LogP contribution in [0, 0.1) is 0 Å². The number of carbonyl (C=O) groups excluding carboxylic acids is 2. The molecule has 1 fully saturated rings. The lowest BCUT2D eigenvalue weighted by molar-refractivity contribution is -0.132. The molecule has 158 valence electrons. The SMILES string of the molecule is CC(=O)N1CCc2ccccc2C1CC(=O)Nc1ccc(N2CCN(C)CC2)cc1. The molecule has 2 aromatic carbocycles. The number of nitrogens with one attached hydrogen (secondary N) is 1. The van der Waals surface area contributed by atoms with Crippen LogP contribution >= 0.6 is 0 Å². The minimum atomic E-state index is -0.211. The van der Waals surface area contributed by atoms with Gasteiger partial charge in [-0.1, -0.05) is 24.3 Å². The van der Waals surface area contributed by atoms with Crippen molar-refractivity contribution in [1.29, 1.82) is 0 Å². The summed E-state index contributed by atoms with van der Waals surface area (Å²) in [4.78, 5) is 31.5. The number of rotatable bonds is 4. The molecule has 0 aromatic heterocycles. The molecule has 2 amide bonds. The maximum atomic E-state index is 12.8. The zero-order chi connectivity index (χ0) is 21.1. The second-order valence-corrected chi connectivity index (χ2v) is 8.27. The first-order valence-corrected chi connectivity index (χ1v) is 10.7. The van der Waals surface area contributed by atoms with Gasteiger partial charge >= 0.3 is 0 Å². The predicted octanol–water partition coefficient (Wildman–Crippen LogP) is 2.91. The van der Waals surface area contributed by atoms with Crippen LogP contribution in [0.4, 0.5) is 11.4 Å². The maximum Gasteiger partial charge on any atom is 0.226 e. The number of amides is 2. The number of hydrogen-bond acceptors (Lipinski definition) is 4. The maximum absolute atomic E-state index is 12.8. The minimum Gasteiger partial charge on any atom is -0.369 e. The molecule has 1 unspecified atom stereocenters. The highest BCUT2D eigenvalue weighted by Gasteiger charge is 2.30. The highest BCUT2D eigenvalue weighted by atomic mass is 16.2. The van der Waals surface area contributed by atoms with E-state index in [-0.39, 0.29) is 24.3 Å². The van der Waals surface area contributed by atoms with Crippen molar-refractivity contribution in [1.82, 2.24) is 9.80 Å². The summed E-state index contributed by atoms with van der Waals surface area (Å²) in [6, 6.07) is 16.0. The van der Waals surface area contributed by atoms with Crippen LogP contribution in [0.15, 0.2) is 48.5 Å². The highest BCUT2D eigenvalue weighted by Crippen LogP contribution is 2.32. The van der Waals surface area contributed by atoms with Crippen LogP contribution in [0.25, 0.3) is 0 Å². The zero-order valence-electron chi connectivity index (χ0n) is 17.8.